The zero-order valence-electron chi connectivity index (χ0n) is 21.6. The Labute approximate surface area is 239 Å². The number of benzene rings is 4. The summed E-state index contributed by atoms with van der Waals surface area (Å²) in [6.45, 7) is 0.670. The van der Waals surface area contributed by atoms with Gasteiger partial charge in [0.1, 0.15) is 11.8 Å². The molecule has 0 aliphatic carbocycles. The second-order valence-electron chi connectivity index (χ2n) is 9.15. The predicted octanol–water partition coefficient (Wildman–Crippen LogP) is 6.67. The number of halogens is 2. The van der Waals surface area contributed by atoms with E-state index in [1.54, 1.807) is 36.3 Å². The molecule has 0 saturated carbocycles. The fraction of sp³-hybridized carbons (Fsp3) is 0.188. The van der Waals surface area contributed by atoms with Gasteiger partial charge in [0.15, 0.2) is 0 Å². The molecule has 0 saturated heterocycles. The lowest BCUT2D eigenvalue weighted by Gasteiger charge is -2.32. The molecule has 1 N–H and O–H groups in total. The van der Waals surface area contributed by atoms with Gasteiger partial charge in [0, 0.05) is 23.1 Å². The summed E-state index contributed by atoms with van der Waals surface area (Å²) < 4.78 is 5.22. The van der Waals surface area contributed by atoms with Crippen molar-refractivity contribution in [3.05, 3.63) is 135 Å². The molecule has 0 aromatic heterocycles. The van der Waals surface area contributed by atoms with Crippen LogP contribution in [0.4, 0.5) is 0 Å². The molecule has 7 heteroatoms. The lowest BCUT2D eigenvalue weighted by Crippen LogP contribution is -2.44. The highest BCUT2D eigenvalue weighted by Gasteiger charge is 2.31. The van der Waals surface area contributed by atoms with E-state index in [4.69, 9.17) is 27.9 Å². The largest absolute Gasteiger partial charge is 0.497 e. The second-order valence-corrected chi connectivity index (χ2v) is 10.0. The maximum atomic E-state index is 13.8. The van der Waals surface area contributed by atoms with Crippen molar-refractivity contribution < 1.29 is 14.3 Å². The first-order chi connectivity index (χ1) is 18.9. The number of amides is 2. The number of carbonyl (C=O) groups is 2. The van der Waals surface area contributed by atoms with Crippen LogP contribution in [-0.4, -0.2) is 30.4 Å². The molecule has 4 aromatic carbocycles. The number of rotatable bonds is 11. The zero-order chi connectivity index (χ0) is 27.6. The quantitative estimate of drug-likeness (QED) is 0.223. The first-order valence-corrected chi connectivity index (χ1v) is 13.4. The minimum atomic E-state index is -0.822. The van der Waals surface area contributed by atoms with Crippen molar-refractivity contribution in [1.82, 2.24) is 10.2 Å². The molecule has 2 amide bonds. The Balaban J connectivity index is 1.59. The van der Waals surface area contributed by atoms with Crippen LogP contribution in [0.1, 0.15) is 28.3 Å². The fourth-order valence-corrected chi connectivity index (χ4v) is 4.57. The van der Waals surface area contributed by atoms with Crippen molar-refractivity contribution in [2.75, 3.05) is 13.7 Å². The summed E-state index contributed by atoms with van der Waals surface area (Å²) in [4.78, 5) is 29.2. The SMILES string of the molecule is COc1ccc(CCNC(=O)C(c2ccccc2)N(Cc2ccc(Cl)cc2)C(=O)Cc2ccc(Cl)cc2)cc1. The molecule has 0 bridgehead atoms. The normalized spacial score (nSPS) is 11.5. The van der Waals surface area contributed by atoms with Crippen molar-refractivity contribution in [3.63, 3.8) is 0 Å². The minimum Gasteiger partial charge on any atom is -0.497 e. The molecule has 0 aliphatic rings. The van der Waals surface area contributed by atoms with Gasteiger partial charge in [-0.05, 0) is 65.1 Å². The molecule has 0 fully saturated rings. The van der Waals surface area contributed by atoms with Gasteiger partial charge in [-0.1, -0.05) is 89.9 Å². The third kappa shape index (κ3) is 8.09. The molecule has 0 spiro atoms. The van der Waals surface area contributed by atoms with Gasteiger partial charge in [-0.15, -0.1) is 0 Å². The van der Waals surface area contributed by atoms with Crippen LogP contribution < -0.4 is 10.1 Å². The van der Waals surface area contributed by atoms with Gasteiger partial charge in [-0.25, -0.2) is 0 Å². The van der Waals surface area contributed by atoms with E-state index in [1.807, 2.05) is 78.9 Å². The number of ether oxygens (including phenoxy) is 1. The van der Waals surface area contributed by atoms with Crippen LogP contribution in [-0.2, 0) is 29.0 Å². The van der Waals surface area contributed by atoms with Gasteiger partial charge in [0.2, 0.25) is 11.8 Å². The lowest BCUT2D eigenvalue weighted by molar-refractivity contribution is -0.141. The second kappa shape index (κ2) is 13.8. The molecule has 4 aromatic rings. The van der Waals surface area contributed by atoms with Crippen LogP contribution in [0.2, 0.25) is 10.0 Å². The lowest BCUT2D eigenvalue weighted by atomic mass is 10.0. The van der Waals surface area contributed by atoms with Crippen molar-refractivity contribution in [2.45, 2.75) is 25.4 Å². The minimum absolute atomic E-state index is 0.132. The van der Waals surface area contributed by atoms with Gasteiger partial charge in [-0.3, -0.25) is 9.59 Å². The third-order valence-electron chi connectivity index (χ3n) is 6.40. The molecule has 1 unspecified atom stereocenters. The van der Waals surface area contributed by atoms with Crippen LogP contribution >= 0.6 is 23.2 Å². The smallest absolute Gasteiger partial charge is 0.247 e. The number of carbonyl (C=O) groups excluding carboxylic acids is 2. The van der Waals surface area contributed by atoms with Crippen LogP contribution in [0.15, 0.2) is 103 Å². The Morgan fingerprint density at radius 3 is 1.92 bits per heavy atom. The van der Waals surface area contributed by atoms with Crippen LogP contribution in [0.3, 0.4) is 0 Å². The molecule has 0 aliphatic heterocycles. The van der Waals surface area contributed by atoms with Crippen LogP contribution in [0.25, 0.3) is 0 Å². The molecular weight excluding hydrogens is 531 g/mol. The third-order valence-corrected chi connectivity index (χ3v) is 6.91. The zero-order valence-corrected chi connectivity index (χ0v) is 23.2. The van der Waals surface area contributed by atoms with E-state index in [2.05, 4.69) is 5.32 Å². The number of hydrogen-bond acceptors (Lipinski definition) is 3. The van der Waals surface area contributed by atoms with Gasteiger partial charge in [-0.2, -0.15) is 0 Å². The van der Waals surface area contributed by atoms with Crippen molar-refractivity contribution in [2.24, 2.45) is 0 Å². The van der Waals surface area contributed by atoms with E-state index >= 15 is 0 Å². The maximum absolute atomic E-state index is 13.8. The fourth-order valence-electron chi connectivity index (χ4n) is 4.32. The summed E-state index contributed by atoms with van der Waals surface area (Å²) in [5.41, 5.74) is 3.50. The predicted molar refractivity (Wildman–Crippen MR) is 156 cm³/mol. The average Bonchev–Trinajstić information content (AvgIpc) is 2.96. The Kier molecular flexibility index (Phi) is 10.0. The standard InChI is InChI=1S/C32H30Cl2N2O3/c1-39-29-17-11-23(12-18-29)19-20-35-32(38)31(26-5-3-2-4-6-26)36(22-25-9-15-28(34)16-10-25)30(37)21-24-7-13-27(33)14-8-24/h2-18,31H,19-22H2,1H3,(H,35,38). The van der Waals surface area contributed by atoms with Crippen LogP contribution in [0.5, 0.6) is 5.75 Å². The summed E-state index contributed by atoms with van der Waals surface area (Å²) in [6.07, 6.45) is 0.778. The molecule has 0 heterocycles. The summed E-state index contributed by atoms with van der Waals surface area (Å²) in [5.74, 6) is 0.364. The van der Waals surface area contributed by atoms with Gasteiger partial charge in [0.05, 0.1) is 13.5 Å². The van der Waals surface area contributed by atoms with Gasteiger partial charge in [0.25, 0.3) is 0 Å². The highest BCUT2D eigenvalue weighted by molar-refractivity contribution is 6.30. The van der Waals surface area contributed by atoms with Gasteiger partial charge < -0.3 is 15.0 Å². The van der Waals surface area contributed by atoms with E-state index in [-0.39, 0.29) is 24.8 Å². The monoisotopic (exact) mass is 560 g/mol. The van der Waals surface area contributed by atoms with E-state index in [1.165, 1.54) is 0 Å². The van der Waals surface area contributed by atoms with E-state index in [9.17, 15) is 9.59 Å². The highest BCUT2D eigenvalue weighted by atomic mass is 35.5. The number of hydrogen-bond donors (Lipinski definition) is 1. The molecule has 1 atom stereocenters. The Morgan fingerprint density at radius 2 is 1.33 bits per heavy atom. The first kappa shape index (κ1) is 28.2. The Bertz CT molecular complexity index is 1360. The van der Waals surface area contributed by atoms with Gasteiger partial charge >= 0.3 is 0 Å². The summed E-state index contributed by atoms with van der Waals surface area (Å²) in [5, 5.41) is 4.26. The molecule has 4 rings (SSSR count). The Hall–Kier alpha value is -3.80. The summed E-state index contributed by atoms with van der Waals surface area (Å²) in [7, 11) is 1.63. The average molecular weight is 562 g/mol. The highest BCUT2D eigenvalue weighted by Crippen LogP contribution is 2.26. The molecule has 200 valence electrons. The Morgan fingerprint density at radius 1 is 0.769 bits per heavy atom. The maximum Gasteiger partial charge on any atom is 0.247 e. The van der Waals surface area contributed by atoms with Crippen molar-refractivity contribution in [3.8, 4) is 5.75 Å². The van der Waals surface area contributed by atoms with E-state index in [0.717, 1.165) is 28.0 Å². The molecule has 0 radical (unpaired) electrons. The van der Waals surface area contributed by atoms with E-state index in [0.29, 0.717) is 23.0 Å². The van der Waals surface area contributed by atoms with Crippen molar-refractivity contribution >= 4 is 35.0 Å². The summed E-state index contributed by atoms with van der Waals surface area (Å²) >= 11 is 12.1. The number of methoxy groups -OCH3 is 1. The number of nitrogens with zero attached hydrogens (tertiary/aromatic N) is 1. The van der Waals surface area contributed by atoms with Crippen molar-refractivity contribution in [1.29, 1.82) is 0 Å². The molecular formula is C32H30Cl2N2O3. The number of nitrogens with one attached hydrogen (secondary N) is 1. The van der Waals surface area contributed by atoms with Crippen LogP contribution in [0, 0.1) is 0 Å². The molecule has 39 heavy (non-hydrogen) atoms. The van der Waals surface area contributed by atoms with E-state index < -0.39 is 6.04 Å². The topological polar surface area (TPSA) is 58.6 Å². The first-order valence-electron chi connectivity index (χ1n) is 12.7. The summed E-state index contributed by atoms with van der Waals surface area (Å²) in [6, 6.07) is 30.8. The molecule has 5 nitrogen and oxygen atoms in total.